The topological polar surface area (TPSA) is 158 Å². The molecule has 0 saturated carbocycles. The molecular formula is C23H28O12. The second-order valence-electron chi connectivity index (χ2n) is 7.20. The van der Waals surface area contributed by atoms with Crippen molar-refractivity contribution in [1.29, 1.82) is 0 Å². The minimum Gasteiger partial charge on any atom is -0.486 e. The lowest BCUT2D eigenvalue weighted by Crippen LogP contribution is -2.55. The minimum absolute atomic E-state index is 0.329. The normalized spacial score (nSPS) is 13.7. The third-order valence-corrected chi connectivity index (χ3v) is 4.10. The summed E-state index contributed by atoms with van der Waals surface area (Å²) in [6, 6.07) is 8.22. The van der Waals surface area contributed by atoms with Gasteiger partial charge in [0.05, 0.1) is 0 Å². The third-order valence-electron chi connectivity index (χ3n) is 4.10. The average molecular weight is 496 g/mol. The molecule has 0 heterocycles. The Bertz CT molecular complexity index is 910. The third kappa shape index (κ3) is 11.1. The number of para-hydroxylation sites is 1. The zero-order valence-corrected chi connectivity index (χ0v) is 20.0. The number of hydrogen-bond acceptors (Lipinski definition) is 12. The molecule has 0 aromatic heterocycles. The lowest BCUT2D eigenvalue weighted by molar-refractivity contribution is -0.203. The standard InChI is InChI=1S/C23H28O12/c1-13(24)30-12-20(32-14(2)25)22(34-16(4)27)23(35-17(5)28)21(33-15(3)26)19(29)11-31-18-9-7-6-8-10-18/h6-10,20-23H,11-12H2,1-5H3. The van der Waals surface area contributed by atoms with Crippen LogP contribution in [0.5, 0.6) is 5.75 Å². The maximum Gasteiger partial charge on any atom is 0.303 e. The maximum absolute atomic E-state index is 13.0. The number of rotatable bonds is 13. The Morgan fingerprint density at radius 1 is 0.657 bits per heavy atom. The Morgan fingerprint density at radius 2 is 1.17 bits per heavy atom. The summed E-state index contributed by atoms with van der Waals surface area (Å²) in [5, 5.41) is 0. The number of ketones is 1. The summed E-state index contributed by atoms with van der Waals surface area (Å²) in [6.07, 6.45) is -6.85. The van der Waals surface area contributed by atoms with Gasteiger partial charge >= 0.3 is 29.8 Å². The highest BCUT2D eigenvalue weighted by Crippen LogP contribution is 2.21. The summed E-state index contributed by atoms with van der Waals surface area (Å²) in [7, 11) is 0. The van der Waals surface area contributed by atoms with Crippen LogP contribution in [0.25, 0.3) is 0 Å². The Labute approximate surface area is 201 Å². The maximum atomic E-state index is 13.0. The molecule has 1 aromatic carbocycles. The van der Waals surface area contributed by atoms with Crippen LogP contribution in [0.1, 0.15) is 34.6 Å². The van der Waals surface area contributed by atoms with Crippen LogP contribution in [0, 0.1) is 0 Å². The Hall–Kier alpha value is -3.96. The molecule has 0 amide bonds. The first kappa shape index (κ1) is 29.1. The van der Waals surface area contributed by atoms with Crippen molar-refractivity contribution in [3.05, 3.63) is 30.3 Å². The van der Waals surface area contributed by atoms with Gasteiger partial charge in [-0.25, -0.2) is 0 Å². The first-order valence-corrected chi connectivity index (χ1v) is 10.4. The molecule has 0 bridgehead atoms. The number of benzene rings is 1. The zero-order chi connectivity index (χ0) is 26.5. The van der Waals surface area contributed by atoms with Crippen LogP contribution in [0.4, 0.5) is 0 Å². The number of carbonyl (C=O) groups is 6. The van der Waals surface area contributed by atoms with Crippen molar-refractivity contribution >= 4 is 35.6 Å². The van der Waals surface area contributed by atoms with Crippen LogP contribution in [0.15, 0.2) is 30.3 Å². The van der Waals surface area contributed by atoms with Crippen molar-refractivity contribution in [2.45, 2.75) is 59.0 Å². The van der Waals surface area contributed by atoms with Gasteiger partial charge in [-0.1, -0.05) is 18.2 Å². The Balaban J connectivity index is 3.42. The lowest BCUT2D eigenvalue weighted by atomic mass is 9.99. The molecule has 12 heteroatoms. The van der Waals surface area contributed by atoms with Crippen molar-refractivity contribution in [1.82, 2.24) is 0 Å². The van der Waals surface area contributed by atoms with E-state index in [1.54, 1.807) is 30.3 Å². The van der Waals surface area contributed by atoms with E-state index in [1.807, 2.05) is 0 Å². The molecule has 0 aliphatic rings. The largest absolute Gasteiger partial charge is 0.486 e. The predicted octanol–water partition coefficient (Wildman–Crippen LogP) is 0.924. The molecule has 0 aliphatic heterocycles. The van der Waals surface area contributed by atoms with Gasteiger partial charge in [-0.05, 0) is 12.1 Å². The Morgan fingerprint density at radius 3 is 1.66 bits per heavy atom. The average Bonchev–Trinajstić information content (AvgIpc) is 2.75. The second-order valence-corrected chi connectivity index (χ2v) is 7.20. The van der Waals surface area contributed by atoms with Crippen LogP contribution < -0.4 is 4.74 Å². The highest BCUT2D eigenvalue weighted by molar-refractivity contribution is 5.87. The zero-order valence-electron chi connectivity index (χ0n) is 20.0. The molecule has 1 rings (SSSR count). The van der Waals surface area contributed by atoms with E-state index >= 15 is 0 Å². The van der Waals surface area contributed by atoms with Gasteiger partial charge in [0, 0.05) is 34.6 Å². The molecule has 1 aromatic rings. The highest BCUT2D eigenvalue weighted by atomic mass is 16.6. The molecule has 4 unspecified atom stereocenters. The van der Waals surface area contributed by atoms with Crippen molar-refractivity contribution < 1.29 is 57.2 Å². The van der Waals surface area contributed by atoms with E-state index < -0.39 is 73.3 Å². The van der Waals surface area contributed by atoms with E-state index in [0.717, 1.165) is 34.6 Å². The molecular weight excluding hydrogens is 468 g/mol. The minimum atomic E-state index is -1.83. The number of Topliss-reactive ketones (excluding diaryl/α,β-unsaturated/α-hetero) is 1. The van der Waals surface area contributed by atoms with Crippen LogP contribution in [-0.2, 0) is 52.5 Å². The summed E-state index contributed by atoms with van der Waals surface area (Å²) in [5.41, 5.74) is 0. The molecule has 0 aliphatic carbocycles. The van der Waals surface area contributed by atoms with Crippen LogP contribution in [0.3, 0.4) is 0 Å². The van der Waals surface area contributed by atoms with Crippen molar-refractivity contribution in [3.63, 3.8) is 0 Å². The SMILES string of the molecule is CC(=O)OCC(OC(C)=O)C(OC(C)=O)C(OC(C)=O)C(OC(C)=O)C(=O)COc1ccccc1. The van der Waals surface area contributed by atoms with Gasteiger partial charge < -0.3 is 28.4 Å². The number of ether oxygens (including phenoxy) is 6. The van der Waals surface area contributed by atoms with Gasteiger partial charge in [-0.3, -0.25) is 28.8 Å². The fourth-order valence-electron chi connectivity index (χ4n) is 2.90. The quantitative estimate of drug-likeness (QED) is 0.281. The second kappa shape index (κ2) is 14.3. The van der Waals surface area contributed by atoms with Gasteiger partial charge in [0.25, 0.3) is 0 Å². The monoisotopic (exact) mass is 496 g/mol. The number of hydrogen-bond donors (Lipinski definition) is 0. The highest BCUT2D eigenvalue weighted by Gasteiger charge is 2.46. The van der Waals surface area contributed by atoms with E-state index in [4.69, 9.17) is 28.4 Å². The van der Waals surface area contributed by atoms with E-state index in [2.05, 4.69) is 0 Å². The fourth-order valence-corrected chi connectivity index (χ4v) is 2.90. The smallest absolute Gasteiger partial charge is 0.303 e. The molecule has 35 heavy (non-hydrogen) atoms. The lowest BCUT2D eigenvalue weighted by Gasteiger charge is -2.34. The van der Waals surface area contributed by atoms with Crippen molar-refractivity contribution in [2.75, 3.05) is 13.2 Å². The molecule has 192 valence electrons. The summed E-state index contributed by atoms with van der Waals surface area (Å²) in [5.74, 6) is -4.92. The fraction of sp³-hybridized carbons (Fsp3) is 0.478. The molecule has 0 radical (unpaired) electrons. The van der Waals surface area contributed by atoms with Crippen molar-refractivity contribution in [3.8, 4) is 5.75 Å². The summed E-state index contributed by atoms with van der Waals surface area (Å²) < 4.78 is 31.0. The first-order chi connectivity index (χ1) is 16.4. The van der Waals surface area contributed by atoms with Gasteiger partial charge in [-0.2, -0.15) is 0 Å². The molecule has 0 spiro atoms. The van der Waals surface area contributed by atoms with E-state index in [9.17, 15) is 28.8 Å². The van der Waals surface area contributed by atoms with Crippen LogP contribution in [-0.4, -0.2) is 73.3 Å². The van der Waals surface area contributed by atoms with E-state index in [1.165, 1.54) is 0 Å². The van der Waals surface area contributed by atoms with Crippen LogP contribution in [0.2, 0.25) is 0 Å². The summed E-state index contributed by atoms with van der Waals surface area (Å²) in [6.45, 7) is 3.90. The molecule has 0 saturated heterocycles. The Kier molecular flexibility index (Phi) is 11.9. The predicted molar refractivity (Wildman–Crippen MR) is 116 cm³/mol. The van der Waals surface area contributed by atoms with Gasteiger partial charge in [-0.15, -0.1) is 0 Å². The summed E-state index contributed by atoms with van der Waals surface area (Å²) in [4.78, 5) is 71.7. The summed E-state index contributed by atoms with van der Waals surface area (Å²) >= 11 is 0. The van der Waals surface area contributed by atoms with E-state index in [-0.39, 0.29) is 0 Å². The first-order valence-electron chi connectivity index (χ1n) is 10.4. The van der Waals surface area contributed by atoms with Crippen molar-refractivity contribution in [2.24, 2.45) is 0 Å². The number of carbonyl (C=O) groups excluding carboxylic acids is 6. The van der Waals surface area contributed by atoms with Gasteiger partial charge in [0.1, 0.15) is 12.4 Å². The molecule has 0 N–H and O–H groups in total. The number of esters is 5. The van der Waals surface area contributed by atoms with Gasteiger partial charge in [0.2, 0.25) is 11.9 Å². The van der Waals surface area contributed by atoms with Crippen LogP contribution >= 0.6 is 0 Å². The molecule has 12 nitrogen and oxygen atoms in total. The van der Waals surface area contributed by atoms with E-state index in [0.29, 0.717) is 5.75 Å². The molecule has 4 atom stereocenters. The molecule has 0 fully saturated rings. The van der Waals surface area contributed by atoms with Gasteiger partial charge in [0.15, 0.2) is 24.9 Å².